The zero-order chi connectivity index (χ0) is 15.2. The van der Waals surface area contributed by atoms with E-state index in [0.29, 0.717) is 0 Å². The van der Waals surface area contributed by atoms with Crippen LogP contribution in [0.5, 0.6) is 5.75 Å². The van der Waals surface area contributed by atoms with Gasteiger partial charge in [0.1, 0.15) is 5.75 Å². The normalized spacial score (nSPS) is 12.4. The number of thiophene rings is 1. The number of carbonyl (C=O) groups is 1. The molecule has 2 aromatic rings. The summed E-state index contributed by atoms with van der Waals surface area (Å²) in [6, 6.07) is 11.4. The van der Waals surface area contributed by atoms with Crippen LogP contribution in [0.2, 0.25) is 0 Å². The van der Waals surface area contributed by atoms with Crippen LogP contribution in [0, 0.1) is 0 Å². The molecule has 0 N–H and O–H groups in total. The zero-order valence-electron chi connectivity index (χ0n) is 12.7. The number of ketones is 1. The number of methoxy groups -OCH3 is 1. The van der Waals surface area contributed by atoms with E-state index in [4.69, 9.17) is 4.74 Å². The standard InChI is InChI=1S/C17H21NO2S/c1-13(18(2)11-10-16-5-4-12-21-16)17(19)14-6-8-15(20-3)9-7-14/h4-9,12-13H,10-11H2,1-3H3. The van der Waals surface area contributed by atoms with Crippen molar-refractivity contribution in [1.29, 1.82) is 0 Å². The second kappa shape index (κ2) is 7.38. The summed E-state index contributed by atoms with van der Waals surface area (Å²) in [7, 11) is 3.62. The average molecular weight is 303 g/mol. The van der Waals surface area contributed by atoms with E-state index in [2.05, 4.69) is 22.4 Å². The van der Waals surface area contributed by atoms with Crippen molar-refractivity contribution in [3.8, 4) is 5.75 Å². The van der Waals surface area contributed by atoms with Gasteiger partial charge in [0.15, 0.2) is 5.78 Å². The Bertz CT molecular complexity index is 563. The lowest BCUT2D eigenvalue weighted by Gasteiger charge is -2.23. The molecule has 0 aliphatic heterocycles. The molecule has 3 nitrogen and oxygen atoms in total. The predicted molar refractivity (Wildman–Crippen MR) is 87.4 cm³/mol. The molecule has 1 aromatic carbocycles. The molecule has 1 atom stereocenters. The van der Waals surface area contributed by atoms with Crippen LogP contribution in [0.15, 0.2) is 41.8 Å². The van der Waals surface area contributed by atoms with Crippen molar-refractivity contribution in [2.45, 2.75) is 19.4 Å². The fourth-order valence-corrected chi connectivity index (χ4v) is 2.83. The molecule has 0 radical (unpaired) electrons. The maximum Gasteiger partial charge on any atom is 0.179 e. The molecule has 1 unspecified atom stereocenters. The summed E-state index contributed by atoms with van der Waals surface area (Å²) in [5.41, 5.74) is 0.728. The lowest BCUT2D eigenvalue weighted by Crippen LogP contribution is -2.37. The highest BCUT2D eigenvalue weighted by atomic mass is 32.1. The molecule has 21 heavy (non-hydrogen) atoms. The first-order chi connectivity index (χ1) is 10.1. The fraction of sp³-hybridized carbons (Fsp3) is 0.353. The molecule has 1 aromatic heterocycles. The third-order valence-corrected chi connectivity index (χ3v) is 4.64. The molecule has 0 aliphatic carbocycles. The van der Waals surface area contributed by atoms with E-state index < -0.39 is 0 Å². The van der Waals surface area contributed by atoms with Crippen molar-refractivity contribution in [2.75, 3.05) is 20.7 Å². The maximum absolute atomic E-state index is 12.5. The van der Waals surface area contributed by atoms with Gasteiger partial charge in [0.05, 0.1) is 13.2 Å². The molecule has 0 spiro atoms. The van der Waals surface area contributed by atoms with Gasteiger partial charge >= 0.3 is 0 Å². The van der Waals surface area contributed by atoms with Crippen LogP contribution in [0.3, 0.4) is 0 Å². The molecule has 0 amide bonds. The summed E-state index contributed by atoms with van der Waals surface area (Å²) in [6.45, 7) is 2.84. The molecule has 2 rings (SSSR count). The summed E-state index contributed by atoms with van der Waals surface area (Å²) in [5.74, 6) is 0.914. The minimum atomic E-state index is -0.127. The molecule has 0 saturated carbocycles. The van der Waals surface area contributed by atoms with E-state index in [1.807, 2.05) is 38.2 Å². The van der Waals surface area contributed by atoms with E-state index in [9.17, 15) is 4.79 Å². The first-order valence-corrected chi connectivity index (χ1v) is 7.90. The van der Waals surface area contributed by atoms with Crippen molar-refractivity contribution in [3.05, 3.63) is 52.2 Å². The Morgan fingerprint density at radius 1 is 1.29 bits per heavy atom. The summed E-state index contributed by atoms with van der Waals surface area (Å²) in [5, 5.41) is 2.08. The molecule has 0 aliphatic rings. The third-order valence-electron chi connectivity index (χ3n) is 3.71. The molecule has 4 heteroatoms. The topological polar surface area (TPSA) is 29.5 Å². The van der Waals surface area contributed by atoms with E-state index in [1.165, 1.54) is 4.88 Å². The van der Waals surface area contributed by atoms with E-state index in [1.54, 1.807) is 18.4 Å². The Balaban J connectivity index is 1.93. The number of Topliss-reactive ketones (excluding diaryl/α,β-unsaturated/α-hetero) is 1. The Morgan fingerprint density at radius 2 is 2.00 bits per heavy atom. The van der Waals surface area contributed by atoms with Gasteiger partial charge in [-0.15, -0.1) is 11.3 Å². The Labute approximate surface area is 130 Å². The van der Waals surface area contributed by atoms with E-state index >= 15 is 0 Å². The first kappa shape index (κ1) is 15.7. The van der Waals surface area contributed by atoms with Crippen LogP contribution >= 0.6 is 11.3 Å². The van der Waals surface area contributed by atoms with Crippen molar-refractivity contribution in [1.82, 2.24) is 4.90 Å². The van der Waals surface area contributed by atoms with Gasteiger partial charge in [-0.1, -0.05) is 6.07 Å². The predicted octanol–water partition coefficient (Wildman–Crippen LogP) is 3.50. The Hall–Kier alpha value is -1.65. The van der Waals surface area contributed by atoms with Gasteiger partial charge in [-0.2, -0.15) is 0 Å². The number of carbonyl (C=O) groups excluding carboxylic acids is 1. The van der Waals surface area contributed by atoms with Crippen LogP contribution in [0.1, 0.15) is 22.2 Å². The number of rotatable bonds is 7. The highest BCUT2D eigenvalue weighted by Crippen LogP contribution is 2.15. The summed E-state index contributed by atoms with van der Waals surface area (Å²) < 4.78 is 5.12. The lowest BCUT2D eigenvalue weighted by atomic mass is 10.0. The van der Waals surface area contributed by atoms with Crippen LogP contribution in [-0.4, -0.2) is 37.4 Å². The largest absolute Gasteiger partial charge is 0.497 e. The lowest BCUT2D eigenvalue weighted by molar-refractivity contribution is 0.0870. The first-order valence-electron chi connectivity index (χ1n) is 7.02. The minimum Gasteiger partial charge on any atom is -0.497 e. The van der Waals surface area contributed by atoms with Crippen LogP contribution in [0.4, 0.5) is 0 Å². The molecular weight excluding hydrogens is 282 g/mol. The van der Waals surface area contributed by atoms with E-state index in [-0.39, 0.29) is 11.8 Å². The van der Waals surface area contributed by atoms with Gasteiger partial charge in [0.25, 0.3) is 0 Å². The summed E-state index contributed by atoms with van der Waals surface area (Å²) in [4.78, 5) is 15.9. The Morgan fingerprint density at radius 3 is 2.57 bits per heavy atom. The molecule has 0 bridgehead atoms. The zero-order valence-corrected chi connectivity index (χ0v) is 13.5. The van der Waals surface area contributed by atoms with Gasteiger partial charge in [0, 0.05) is 17.0 Å². The summed E-state index contributed by atoms with van der Waals surface area (Å²) in [6.07, 6.45) is 0.981. The van der Waals surface area contributed by atoms with Crippen LogP contribution in [0.25, 0.3) is 0 Å². The van der Waals surface area contributed by atoms with Gasteiger partial charge in [-0.25, -0.2) is 0 Å². The molecule has 0 fully saturated rings. The van der Waals surface area contributed by atoms with Gasteiger partial charge < -0.3 is 4.74 Å². The average Bonchev–Trinajstić information content (AvgIpc) is 3.04. The molecule has 112 valence electrons. The second-order valence-corrected chi connectivity index (χ2v) is 6.11. The van der Waals surface area contributed by atoms with Gasteiger partial charge in [-0.3, -0.25) is 9.69 Å². The van der Waals surface area contributed by atoms with Crippen molar-refractivity contribution < 1.29 is 9.53 Å². The SMILES string of the molecule is COc1ccc(C(=O)C(C)N(C)CCc2cccs2)cc1. The molecular formula is C17H21NO2S. The van der Waals surface area contributed by atoms with Crippen molar-refractivity contribution in [3.63, 3.8) is 0 Å². The number of benzene rings is 1. The smallest absolute Gasteiger partial charge is 0.179 e. The summed E-state index contributed by atoms with van der Waals surface area (Å²) >= 11 is 1.76. The Kier molecular flexibility index (Phi) is 5.53. The highest BCUT2D eigenvalue weighted by Gasteiger charge is 2.19. The fourth-order valence-electron chi connectivity index (χ4n) is 2.13. The molecule has 1 heterocycles. The molecule has 0 saturated heterocycles. The number of likely N-dealkylation sites (N-methyl/N-ethyl adjacent to an activating group) is 1. The van der Waals surface area contributed by atoms with Gasteiger partial charge in [0.2, 0.25) is 0 Å². The van der Waals surface area contributed by atoms with Crippen molar-refractivity contribution >= 4 is 17.1 Å². The monoisotopic (exact) mass is 303 g/mol. The second-order valence-electron chi connectivity index (χ2n) is 5.08. The van der Waals surface area contributed by atoms with E-state index in [0.717, 1.165) is 24.3 Å². The minimum absolute atomic E-state index is 0.127. The maximum atomic E-state index is 12.5. The number of hydrogen-bond acceptors (Lipinski definition) is 4. The number of hydrogen-bond donors (Lipinski definition) is 0. The van der Waals surface area contributed by atoms with Gasteiger partial charge in [-0.05, 0) is 56.1 Å². The third kappa shape index (κ3) is 4.16. The highest BCUT2D eigenvalue weighted by molar-refractivity contribution is 7.09. The number of ether oxygens (including phenoxy) is 1. The quantitative estimate of drug-likeness (QED) is 0.733. The van der Waals surface area contributed by atoms with Crippen LogP contribution in [-0.2, 0) is 6.42 Å². The van der Waals surface area contributed by atoms with Crippen molar-refractivity contribution in [2.24, 2.45) is 0 Å². The number of nitrogens with zero attached hydrogens (tertiary/aromatic N) is 1. The van der Waals surface area contributed by atoms with Crippen LogP contribution < -0.4 is 4.74 Å².